The summed E-state index contributed by atoms with van der Waals surface area (Å²) in [6.45, 7) is -0.680. The molecule has 0 bridgehead atoms. The number of hydrogen-bond acceptors (Lipinski definition) is 5. The molecule has 1 aromatic heterocycles. The van der Waals surface area contributed by atoms with Crippen LogP contribution >= 0.6 is 15.9 Å². The van der Waals surface area contributed by atoms with Crippen molar-refractivity contribution in [2.45, 2.75) is 6.54 Å². The number of ketones is 1. The fourth-order valence-electron chi connectivity index (χ4n) is 2.27. The Bertz CT molecular complexity index is 996. The molecule has 3 rings (SSSR count). The van der Waals surface area contributed by atoms with E-state index < -0.39 is 5.97 Å². The van der Waals surface area contributed by atoms with Gasteiger partial charge in [-0.3, -0.25) is 19.0 Å². The summed E-state index contributed by atoms with van der Waals surface area (Å²) in [7, 11) is 0. The molecular formula is C18H13BrN2O4. The molecule has 25 heavy (non-hydrogen) atoms. The molecule has 0 spiro atoms. The lowest BCUT2D eigenvalue weighted by Crippen LogP contribution is -2.26. The van der Waals surface area contributed by atoms with Gasteiger partial charge in [0, 0.05) is 10.0 Å². The lowest BCUT2D eigenvalue weighted by molar-refractivity contribution is -0.143. The van der Waals surface area contributed by atoms with E-state index in [2.05, 4.69) is 20.9 Å². The topological polar surface area (TPSA) is 78.3 Å². The summed E-state index contributed by atoms with van der Waals surface area (Å²) >= 11 is 3.28. The molecule has 0 aliphatic rings. The van der Waals surface area contributed by atoms with Gasteiger partial charge in [0.1, 0.15) is 6.54 Å². The van der Waals surface area contributed by atoms with Crippen LogP contribution < -0.4 is 5.56 Å². The number of fused-ring (bicyclic) bond motifs is 1. The number of rotatable bonds is 5. The Hall–Kier alpha value is -2.80. The van der Waals surface area contributed by atoms with Crippen molar-refractivity contribution in [3.05, 3.63) is 75.2 Å². The first kappa shape index (κ1) is 17.0. The number of benzene rings is 2. The maximum absolute atomic E-state index is 12.3. The molecule has 0 amide bonds. The maximum atomic E-state index is 12.3. The van der Waals surface area contributed by atoms with Crippen molar-refractivity contribution < 1.29 is 14.3 Å². The molecular weight excluding hydrogens is 388 g/mol. The first-order chi connectivity index (χ1) is 12.0. The van der Waals surface area contributed by atoms with E-state index in [1.807, 2.05) is 0 Å². The van der Waals surface area contributed by atoms with Crippen LogP contribution in [0.2, 0.25) is 0 Å². The number of carbonyl (C=O) groups is 2. The molecule has 7 heteroatoms. The molecule has 3 aromatic rings. The molecule has 2 aromatic carbocycles. The van der Waals surface area contributed by atoms with Crippen molar-refractivity contribution in [1.82, 2.24) is 9.55 Å². The number of ether oxygens (including phenoxy) is 1. The van der Waals surface area contributed by atoms with Crippen LogP contribution in [0.4, 0.5) is 0 Å². The molecule has 6 nitrogen and oxygen atoms in total. The van der Waals surface area contributed by atoms with Gasteiger partial charge in [-0.05, 0) is 24.3 Å². The summed E-state index contributed by atoms with van der Waals surface area (Å²) in [6, 6.07) is 13.6. The lowest BCUT2D eigenvalue weighted by Gasteiger charge is -2.07. The van der Waals surface area contributed by atoms with Crippen LogP contribution in [-0.4, -0.2) is 27.9 Å². The van der Waals surface area contributed by atoms with Crippen molar-refractivity contribution in [1.29, 1.82) is 0 Å². The van der Waals surface area contributed by atoms with Gasteiger partial charge < -0.3 is 4.74 Å². The molecule has 1 heterocycles. The second kappa shape index (κ2) is 7.40. The van der Waals surface area contributed by atoms with E-state index >= 15 is 0 Å². The number of Topliss-reactive ketones (excluding diaryl/α,β-unsaturated/α-hetero) is 1. The third-order valence-corrected chi connectivity index (χ3v) is 4.09. The minimum Gasteiger partial charge on any atom is -0.456 e. The molecule has 0 N–H and O–H groups in total. The predicted molar refractivity (Wildman–Crippen MR) is 95.4 cm³/mol. The van der Waals surface area contributed by atoms with Gasteiger partial charge in [0.2, 0.25) is 0 Å². The van der Waals surface area contributed by atoms with Crippen molar-refractivity contribution in [3.8, 4) is 0 Å². The van der Waals surface area contributed by atoms with Gasteiger partial charge in [-0.1, -0.05) is 40.2 Å². The molecule has 0 radical (unpaired) electrons. The summed E-state index contributed by atoms with van der Waals surface area (Å²) in [5.41, 5.74) is 0.671. The summed E-state index contributed by atoms with van der Waals surface area (Å²) < 4.78 is 6.98. The van der Waals surface area contributed by atoms with E-state index in [-0.39, 0.29) is 24.5 Å². The van der Waals surface area contributed by atoms with Crippen LogP contribution in [0.25, 0.3) is 10.9 Å². The van der Waals surface area contributed by atoms with Crippen LogP contribution in [-0.2, 0) is 16.1 Å². The second-order valence-corrected chi connectivity index (χ2v) is 6.20. The van der Waals surface area contributed by atoms with Crippen molar-refractivity contribution in [2.24, 2.45) is 0 Å². The third-order valence-electron chi connectivity index (χ3n) is 3.56. The molecule has 126 valence electrons. The minimum atomic E-state index is -0.676. The first-order valence-corrected chi connectivity index (χ1v) is 8.22. The quantitative estimate of drug-likeness (QED) is 0.485. The molecule has 0 atom stereocenters. The molecule has 0 saturated heterocycles. The summed E-state index contributed by atoms with van der Waals surface area (Å²) in [5.74, 6) is -0.991. The highest BCUT2D eigenvalue weighted by molar-refractivity contribution is 9.10. The number of para-hydroxylation sites is 1. The van der Waals surface area contributed by atoms with Gasteiger partial charge >= 0.3 is 5.97 Å². The van der Waals surface area contributed by atoms with E-state index in [0.717, 1.165) is 9.04 Å². The molecule has 0 saturated carbocycles. The van der Waals surface area contributed by atoms with E-state index in [1.54, 1.807) is 48.5 Å². The fraction of sp³-hybridized carbons (Fsp3) is 0.111. The average molecular weight is 401 g/mol. The minimum absolute atomic E-state index is 0.301. The summed E-state index contributed by atoms with van der Waals surface area (Å²) in [5, 5.41) is 0.420. The van der Waals surface area contributed by atoms with Crippen molar-refractivity contribution in [3.63, 3.8) is 0 Å². The standard InChI is InChI=1S/C18H13BrN2O4/c19-13-7-5-12(6-8-13)16(22)10-25-17(23)9-21-11-20-15-4-2-1-3-14(15)18(21)24/h1-8,11H,9-10H2. The Balaban J connectivity index is 1.65. The first-order valence-electron chi connectivity index (χ1n) is 7.43. The van der Waals surface area contributed by atoms with Gasteiger partial charge in [-0.25, -0.2) is 4.98 Å². The number of halogens is 1. The number of aromatic nitrogens is 2. The van der Waals surface area contributed by atoms with Crippen molar-refractivity contribution >= 4 is 38.6 Å². The Kier molecular flexibility index (Phi) is 5.04. The van der Waals surface area contributed by atoms with Crippen LogP contribution in [0.5, 0.6) is 0 Å². The Morgan fingerprint density at radius 3 is 2.56 bits per heavy atom. The number of carbonyl (C=O) groups excluding carboxylic acids is 2. The molecule has 0 aliphatic carbocycles. The zero-order chi connectivity index (χ0) is 17.8. The van der Waals surface area contributed by atoms with E-state index in [1.165, 1.54) is 6.33 Å². The third kappa shape index (κ3) is 4.00. The SMILES string of the molecule is O=C(Cn1cnc2ccccc2c1=O)OCC(=O)c1ccc(Br)cc1. The van der Waals surface area contributed by atoms with Gasteiger partial charge in [0.15, 0.2) is 12.4 Å². The van der Waals surface area contributed by atoms with Gasteiger partial charge in [-0.2, -0.15) is 0 Å². The molecule has 0 fully saturated rings. The van der Waals surface area contributed by atoms with Gasteiger partial charge in [-0.15, -0.1) is 0 Å². The van der Waals surface area contributed by atoms with Crippen LogP contribution in [0.15, 0.2) is 64.1 Å². The van der Waals surface area contributed by atoms with E-state index in [4.69, 9.17) is 4.74 Å². The molecule has 0 unspecified atom stereocenters. The monoisotopic (exact) mass is 400 g/mol. The van der Waals surface area contributed by atoms with Gasteiger partial charge in [0.05, 0.1) is 17.2 Å². The summed E-state index contributed by atoms with van der Waals surface area (Å²) in [6.07, 6.45) is 1.29. The summed E-state index contributed by atoms with van der Waals surface area (Å²) in [4.78, 5) is 40.3. The zero-order valence-corrected chi connectivity index (χ0v) is 14.6. The normalized spacial score (nSPS) is 10.6. The number of hydrogen-bond donors (Lipinski definition) is 0. The Labute approximate surface area is 151 Å². The Morgan fingerprint density at radius 1 is 1.08 bits per heavy atom. The number of esters is 1. The van der Waals surface area contributed by atoms with Gasteiger partial charge in [0.25, 0.3) is 5.56 Å². The van der Waals surface area contributed by atoms with Crippen LogP contribution in [0.3, 0.4) is 0 Å². The van der Waals surface area contributed by atoms with E-state index in [9.17, 15) is 14.4 Å². The highest BCUT2D eigenvalue weighted by Gasteiger charge is 2.12. The fourth-order valence-corrected chi connectivity index (χ4v) is 2.53. The number of nitrogens with zero attached hydrogens (tertiary/aromatic N) is 2. The van der Waals surface area contributed by atoms with E-state index in [0.29, 0.717) is 16.5 Å². The zero-order valence-electron chi connectivity index (χ0n) is 13.0. The highest BCUT2D eigenvalue weighted by Crippen LogP contribution is 2.11. The highest BCUT2D eigenvalue weighted by atomic mass is 79.9. The lowest BCUT2D eigenvalue weighted by atomic mass is 10.1. The second-order valence-electron chi connectivity index (χ2n) is 5.29. The smallest absolute Gasteiger partial charge is 0.326 e. The Morgan fingerprint density at radius 2 is 1.80 bits per heavy atom. The average Bonchev–Trinajstić information content (AvgIpc) is 2.63. The largest absolute Gasteiger partial charge is 0.456 e. The van der Waals surface area contributed by atoms with Crippen LogP contribution in [0, 0.1) is 0 Å². The maximum Gasteiger partial charge on any atom is 0.326 e. The molecule has 0 aliphatic heterocycles. The predicted octanol–water partition coefficient (Wildman–Crippen LogP) is 2.59. The van der Waals surface area contributed by atoms with Crippen molar-refractivity contribution in [2.75, 3.05) is 6.61 Å². The van der Waals surface area contributed by atoms with Crippen LogP contribution in [0.1, 0.15) is 10.4 Å².